The van der Waals surface area contributed by atoms with E-state index in [4.69, 9.17) is 4.74 Å². The fraction of sp³-hybridized carbons (Fsp3) is 0.278. The summed E-state index contributed by atoms with van der Waals surface area (Å²) < 4.78 is 19.2. The van der Waals surface area contributed by atoms with E-state index >= 15 is 0 Å². The number of thioether (sulfide) groups is 1. The van der Waals surface area contributed by atoms with Gasteiger partial charge >= 0.3 is 0 Å². The molecule has 1 heterocycles. The van der Waals surface area contributed by atoms with E-state index in [1.807, 2.05) is 60.9 Å². The lowest BCUT2D eigenvalue weighted by atomic mass is 10.0. The Labute approximate surface area is 134 Å². The van der Waals surface area contributed by atoms with Gasteiger partial charge in [0.2, 0.25) is 0 Å². The summed E-state index contributed by atoms with van der Waals surface area (Å²) in [6, 6.07) is 17.6. The average molecular weight is 315 g/mol. The molecule has 0 radical (unpaired) electrons. The molecule has 2 nitrogen and oxygen atoms in total. The average Bonchev–Trinajstić information content (AvgIpc) is 2.99. The maximum absolute atomic E-state index is 13.3. The van der Waals surface area contributed by atoms with Crippen LogP contribution >= 0.6 is 11.8 Å². The number of aliphatic imine (C=N–C) groups is 1. The quantitative estimate of drug-likeness (QED) is 0.760. The van der Waals surface area contributed by atoms with Crippen molar-refractivity contribution in [2.24, 2.45) is 4.99 Å². The van der Waals surface area contributed by atoms with Crippen LogP contribution in [0.25, 0.3) is 0 Å². The molecule has 0 aliphatic carbocycles. The highest BCUT2D eigenvalue weighted by Crippen LogP contribution is 2.31. The first-order chi connectivity index (χ1) is 10.8. The van der Waals surface area contributed by atoms with Crippen LogP contribution in [-0.4, -0.2) is 24.9 Å². The minimum absolute atomic E-state index is 0.320. The standard InChI is InChI=1S/C18H18FNOS/c1-22-15-9-7-14(8-10-15)18-16(12-19)20-17(21-18)11-13-5-3-2-4-6-13/h2-10,16,18H,11-12H2,1H3. The van der Waals surface area contributed by atoms with E-state index in [0.29, 0.717) is 12.3 Å². The van der Waals surface area contributed by atoms with Crippen molar-refractivity contribution in [3.8, 4) is 0 Å². The molecule has 0 amide bonds. The van der Waals surface area contributed by atoms with Gasteiger partial charge in [0, 0.05) is 11.3 Å². The molecule has 0 spiro atoms. The second-order valence-electron chi connectivity index (χ2n) is 5.22. The molecule has 2 aromatic carbocycles. The molecule has 0 saturated carbocycles. The van der Waals surface area contributed by atoms with Crippen LogP contribution in [0.3, 0.4) is 0 Å². The smallest absolute Gasteiger partial charge is 0.189 e. The van der Waals surface area contributed by atoms with Crippen molar-refractivity contribution in [3.05, 3.63) is 65.7 Å². The molecule has 0 saturated heterocycles. The van der Waals surface area contributed by atoms with Gasteiger partial charge in [-0.3, -0.25) is 0 Å². The number of alkyl halides is 1. The highest BCUT2D eigenvalue weighted by molar-refractivity contribution is 7.98. The Morgan fingerprint density at radius 2 is 1.82 bits per heavy atom. The molecule has 2 aromatic rings. The van der Waals surface area contributed by atoms with Crippen LogP contribution in [0.2, 0.25) is 0 Å². The van der Waals surface area contributed by atoms with E-state index < -0.39 is 12.7 Å². The summed E-state index contributed by atoms with van der Waals surface area (Å²) in [6.07, 6.45) is 2.32. The van der Waals surface area contributed by atoms with E-state index in [1.165, 1.54) is 4.90 Å². The van der Waals surface area contributed by atoms with Gasteiger partial charge in [-0.25, -0.2) is 9.38 Å². The van der Waals surface area contributed by atoms with Crippen LogP contribution in [0.15, 0.2) is 64.5 Å². The number of rotatable bonds is 5. The van der Waals surface area contributed by atoms with Crippen LogP contribution < -0.4 is 0 Å². The molecule has 0 fully saturated rings. The molecule has 0 bridgehead atoms. The Hall–Kier alpha value is -1.81. The van der Waals surface area contributed by atoms with E-state index in [9.17, 15) is 4.39 Å². The van der Waals surface area contributed by atoms with Crippen LogP contribution in [0.4, 0.5) is 4.39 Å². The van der Waals surface area contributed by atoms with Gasteiger partial charge in [-0.05, 0) is 29.5 Å². The molecule has 1 aliphatic heterocycles. The van der Waals surface area contributed by atoms with Crippen molar-refractivity contribution in [1.82, 2.24) is 0 Å². The lowest BCUT2D eigenvalue weighted by Crippen LogP contribution is -2.16. The summed E-state index contributed by atoms with van der Waals surface area (Å²) in [7, 11) is 0. The molecular weight excluding hydrogens is 297 g/mol. The number of benzene rings is 2. The Kier molecular flexibility index (Phi) is 4.78. The maximum atomic E-state index is 13.3. The lowest BCUT2D eigenvalue weighted by Gasteiger charge is -2.16. The van der Waals surface area contributed by atoms with Crippen molar-refractivity contribution in [2.75, 3.05) is 12.9 Å². The van der Waals surface area contributed by atoms with Crippen LogP contribution in [0.1, 0.15) is 17.2 Å². The number of halogens is 1. The normalized spacial score (nSPS) is 20.5. The second kappa shape index (κ2) is 6.97. The van der Waals surface area contributed by atoms with Gasteiger partial charge in [-0.1, -0.05) is 42.5 Å². The van der Waals surface area contributed by atoms with Gasteiger partial charge in [0.25, 0.3) is 0 Å². The number of nitrogens with zero attached hydrogens (tertiary/aromatic N) is 1. The first-order valence-corrected chi connectivity index (χ1v) is 8.50. The number of hydrogen-bond acceptors (Lipinski definition) is 3. The maximum Gasteiger partial charge on any atom is 0.189 e. The predicted octanol–water partition coefficient (Wildman–Crippen LogP) is 4.46. The summed E-state index contributed by atoms with van der Waals surface area (Å²) >= 11 is 1.69. The molecule has 0 aromatic heterocycles. The summed E-state index contributed by atoms with van der Waals surface area (Å²) in [6.45, 7) is -0.507. The molecule has 22 heavy (non-hydrogen) atoms. The zero-order valence-corrected chi connectivity index (χ0v) is 13.2. The van der Waals surface area contributed by atoms with Crippen molar-refractivity contribution in [3.63, 3.8) is 0 Å². The minimum Gasteiger partial charge on any atom is -0.470 e. The van der Waals surface area contributed by atoms with E-state index in [1.54, 1.807) is 11.8 Å². The Morgan fingerprint density at radius 3 is 2.45 bits per heavy atom. The molecular formula is C18H18FNOS. The third-order valence-corrected chi connectivity index (χ3v) is 4.47. The topological polar surface area (TPSA) is 21.6 Å². The van der Waals surface area contributed by atoms with Crippen LogP contribution in [-0.2, 0) is 11.2 Å². The highest BCUT2D eigenvalue weighted by Gasteiger charge is 2.32. The largest absolute Gasteiger partial charge is 0.470 e. The monoisotopic (exact) mass is 315 g/mol. The summed E-state index contributed by atoms with van der Waals surface area (Å²) in [5, 5.41) is 0. The Bertz CT molecular complexity index is 642. The molecule has 3 rings (SSSR count). The first kappa shape index (κ1) is 15.1. The molecule has 114 valence electrons. The van der Waals surface area contributed by atoms with E-state index in [-0.39, 0.29) is 6.10 Å². The number of ether oxygens (including phenoxy) is 1. The van der Waals surface area contributed by atoms with Gasteiger partial charge in [0.15, 0.2) is 12.0 Å². The van der Waals surface area contributed by atoms with E-state index in [0.717, 1.165) is 11.1 Å². The SMILES string of the molecule is CSc1ccc(C2OC(Cc3ccccc3)=NC2CF)cc1. The predicted molar refractivity (Wildman–Crippen MR) is 89.4 cm³/mol. The van der Waals surface area contributed by atoms with Crippen molar-refractivity contribution in [2.45, 2.75) is 23.5 Å². The second-order valence-corrected chi connectivity index (χ2v) is 6.10. The summed E-state index contributed by atoms with van der Waals surface area (Å²) in [5.74, 6) is 0.618. The third-order valence-electron chi connectivity index (χ3n) is 3.72. The lowest BCUT2D eigenvalue weighted by molar-refractivity contribution is 0.177. The van der Waals surface area contributed by atoms with Gasteiger partial charge < -0.3 is 4.74 Å². The van der Waals surface area contributed by atoms with Gasteiger partial charge in [0.1, 0.15) is 12.7 Å². The summed E-state index contributed by atoms with van der Waals surface area (Å²) in [5.41, 5.74) is 2.10. The zero-order valence-electron chi connectivity index (χ0n) is 12.4. The minimum atomic E-state index is -0.507. The fourth-order valence-electron chi connectivity index (χ4n) is 2.57. The van der Waals surface area contributed by atoms with Crippen LogP contribution in [0.5, 0.6) is 0 Å². The molecule has 2 atom stereocenters. The van der Waals surface area contributed by atoms with Crippen molar-refractivity contribution >= 4 is 17.7 Å². The highest BCUT2D eigenvalue weighted by atomic mass is 32.2. The third kappa shape index (κ3) is 3.33. The first-order valence-electron chi connectivity index (χ1n) is 7.27. The Morgan fingerprint density at radius 1 is 1.09 bits per heavy atom. The van der Waals surface area contributed by atoms with Gasteiger partial charge in [0.05, 0.1) is 0 Å². The van der Waals surface area contributed by atoms with Gasteiger partial charge in [-0.15, -0.1) is 11.8 Å². The summed E-state index contributed by atoms with van der Waals surface area (Å²) in [4.78, 5) is 5.60. The molecule has 4 heteroatoms. The molecule has 0 N–H and O–H groups in total. The van der Waals surface area contributed by atoms with E-state index in [2.05, 4.69) is 4.99 Å². The number of hydrogen-bond donors (Lipinski definition) is 0. The molecule has 2 unspecified atom stereocenters. The molecule has 1 aliphatic rings. The zero-order chi connectivity index (χ0) is 15.4. The van der Waals surface area contributed by atoms with Gasteiger partial charge in [-0.2, -0.15) is 0 Å². The van der Waals surface area contributed by atoms with Crippen molar-refractivity contribution < 1.29 is 9.13 Å². The Balaban J connectivity index is 1.74. The van der Waals surface area contributed by atoms with Crippen LogP contribution in [0, 0.1) is 0 Å². The van der Waals surface area contributed by atoms with Crippen molar-refractivity contribution in [1.29, 1.82) is 0 Å². The fourth-order valence-corrected chi connectivity index (χ4v) is 2.97.